The molecule has 4 amide bonds. The zero-order chi connectivity index (χ0) is 21.4. The average Bonchev–Trinajstić information content (AvgIpc) is 3.13. The van der Waals surface area contributed by atoms with Crippen LogP contribution in [-0.2, 0) is 16.0 Å². The van der Waals surface area contributed by atoms with Crippen molar-refractivity contribution >= 4 is 17.8 Å². The van der Waals surface area contributed by atoms with Gasteiger partial charge in [-0.2, -0.15) is 0 Å². The first-order valence-electron chi connectivity index (χ1n) is 10.6. The minimum Gasteiger partial charge on any atom is -0.488 e. The number of nitrogens with one attached hydrogen (secondary N) is 2. The van der Waals surface area contributed by atoms with E-state index in [-0.39, 0.29) is 37.1 Å². The van der Waals surface area contributed by atoms with Crippen LogP contribution in [0, 0.1) is 0 Å². The minimum absolute atomic E-state index is 0.255. The standard InChI is InChI=1S/C22H29N3O5/c1-21(2)13-15-7-6-8-16(18(15)30-21)29-12-11-23-17(26)14-25-19(27)22(24-20(25)28)9-4-3-5-10-22/h6-8H,3-5,9-14H2,1-2H3,(H,23,26)(H,24,28). The third kappa shape index (κ3) is 3.95. The number of ether oxygens (including phenoxy) is 2. The number of carbonyl (C=O) groups excluding carboxylic acids is 3. The molecule has 1 aromatic rings. The number of imide groups is 1. The Hall–Kier alpha value is -2.77. The van der Waals surface area contributed by atoms with E-state index in [0.29, 0.717) is 18.6 Å². The highest BCUT2D eigenvalue weighted by Crippen LogP contribution is 2.41. The maximum absolute atomic E-state index is 12.7. The first-order chi connectivity index (χ1) is 14.3. The number of hydrogen-bond donors (Lipinski definition) is 2. The van der Waals surface area contributed by atoms with Gasteiger partial charge in [-0.1, -0.05) is 31.4 Å². The summed E-state index contributed by atoms with van der Waals surface area (Å²) in [6.07, 6.45) is 5.00. The lowest BCUT2D eigenvalue weighted by Gasteiger charge is -2.30. The van der Waals surface area contributed by atoms with Crippen LogP contribution in [-0.4, -0.2) is 53.6 Å². The predicted octanol–water partition coefficient (Wildman–Crippen LogP) is 2.15. The van der Waals surface area contributed by atoms with E-state index in [4.69, 9.17) is 9.47 Å². The summed E-state index contributed by atoms with van der Waals surface area (Å²) in [4.78, 5) is 38.3. The van der Waals surface area contributed by atoms with E-state index in [1.807, 2.05) is 32.0 Å². The quantitative estimate of drug-likeness (QED) is 0.548. The highest BCUT2D eigenvalue weighted by molar-refractivity contribution is 6.09. The molecule has 2 heterocycles. The first-order valence-corrected chi connectivity index (χ1v) is 10.6. The molecule has 2 fully saturated rings. The fraction of sp³-hybridized carbons (Fsp3) is 0.591. The van der Waals surface area contributed by atoms with E-state index in [0.717, 1.165) is 41.9 Å². The largest absolute Gasteiger partial charge is 0.488 e. The number of fused-ring (bicyclic) bond motifs is 1. The van der Waals surface area contributed by atoms with Gasteiger partial charge in [-0.15, -0.1) is 0 Å². The summed E-state index contributed by atoms with van der Waals surface area (Å²) in [7, 11) is 0. The number of para-hydroxylation sites is 1. The third-order valence-electron chi connectivity index (χ3n) is 5.99. The van der Waals surface area contributed by atoms with Gasteiger partial charge in [0, 0.05) is 12.0 Å². The van der Waals surface area contributed by atoms with E-state index in [1.54, 1.807) is 0 Å². The van der Waals surface area contributed by atoms with Crippen LogP contribution in [0.25, 0.3) is 0 Å². The summed E-state index contributed by atoms with van der Waals surface area (Å²) in [6.45, 7) is 4.32. The Balaban J connectivity index is 1.25. The summed E-state index contributed by atoms with van der Waals surface area (Å²) >= 11 is 0. The predicted molar refractivity (Wildman–Crippen MR) is 109 cm³/mol. The Labute approximate surface area is 176 Å². The van der Waals surface area contributed by atoms with Crippen LogP contribution in [0.2, 0.25) is 0 Å². The summed E-state index contributed by atoms with van der Waals surface area (Å²) in [6, 6.07) is 5.32. The molecule has 1 spiro atoms. The normalized spacial score (nSPS) is 21.2. The van der Waals surface area contributed by atoms with Crippen molar-refractivity contribution < 1.29 is 23.9 Å². The van der Waals surface area contributed by atoms with Crippen molar-refractivity contribution in [1.82, 2.24) is 15.5 Å². The molecule has 2 N–H and O–H groups in total. The molecule has 0 bridgehead atoms. The van der Waals surface area contributed by atoms with Gasteiger partial charge < -0.3 is 20.1 Å². The fourth-order valence-corrected chi connectivity index (χ4v) is 4.57. The van der Waals surface area contributed by atoms with Crippen LogP contribution in [0.1, 0.15) is 51.5 Å². The van der Waals surface area contributed by atoms with Gasteiger partial charge in [0.25, 0.3) is 5.91 Å². The molecule has 2 aliphatic heterocycles. The first kappa shape index (κ1) is 20.5. The van der Waals surface area contributed by atoms with Gasteiger partial charge in [0.2, 0.25) is 5.91 Å². The molecule has 162 valence electrons. The van der Waals surface area contributed by atoms with Gasteiger partial charge in [-0.05, 0) is 32.8 Å². The van der Waals surface area contributed by atoms with Crippen LogP contribution in [0.15, 0.2) is 18.2 Å². The second-order valence-corrected chi connectivity index (χ2v) is 8.95. The molecule has 30 heavy (non-hydrogen) atoms. The summed E-state index contributed by atoms with van der Waals surface area (Å²) in [5.74, 6) is 0.746. The highest BCUT2D eigenvalue weighted by Gasteiger charge is 2.51. The number of hydrogen-bond acceptors (Lipinski definition) is 5. The Morgan fingerprint density at radius 1 is 1.23 bits per heavy atom. The van der Waals surface area contributed by atoms with Gasteiger partial charge >= 0.3 is 6.03 Å². The molecule has 0 unspecified atom stereocenters. The van der Waals surface area contributed by atoms with E-state index in [1.165, 1.54) is 0 Å². The molecule has 8 nitrogen and oxygen atoms in total. The lowest BCUT2D eigenvalue weighted by Crippen LogP contribution is -2.49. The molecule has 4 rings (SSSR count). The molecule has 8 heteroatoms. The van der Waals surface area contributed by atoms with Gasteiger partial charge in [0.1, 0.15) is 24.3 Å². The Kier molecular flexibility index (Phi) is 5.34. The molecule has 1 aliphatic carbocycles. The topological polar surface area (TPSA) is 97.0 Å². The van der Waals surface area contributed by atoms with Crippen LogP contribution in [0.3, 0.4) is 0 Å². The lowest BCUT2D eigenvalue weighted by molar-refractivity contribution is -0.135. The molecule has 1 saturated carbocycles. The average molecular weight is 415 g/mol. The maximum Gasteiger partial charge on any atom is 0.325 e. The molecule has 1 saturated heterocycles. The second kappa shape index (κ2) is 7.81. The zero-order valence-corrected chi connectivity index (χ0v) is 17.6. The molecule has 0 atom stereocenters. The Bertz CT molecular complexity index is 860. The van der Waals surface area contributed by atoms with Crippen molar-refractivity contribution in [1.29, 1.82) is 0 Å². The monoisotopic (exact) mass is 415 g/mol. The third-order valence-corrected chi connectivity index (χ3v) is 5.99. The Morgan fingerprint density at radius 2 is 2.00 bits per heavy atom. The molecule has 1 aromatic carbocycles. The fourth-order valence-electron chi connectivity index (χ4n) is 4.57. The van der Waals surface area contributed by atoms with Crippen LogP contribution in [0.5, 0.6) is 11.5 Å². The SMILES string of the molecule is CC1(C)Cc2cccc(OCCNC(=O)CN3C(=O)NC4(CCCCC4)C3=O)c2O1. The highest BCUT2D eigenvalue weighted by atomic mass is 16.5. The number of rotatable bonds is 6. The van der Waals surface area contributed by atoms with E-state index < -0.39 is 11.6 Å². The molecular weight excluding hydrogens is 386 g/mol. The van der Waals surface area contributed by atoms with Crippen LogP contribution < -0.4 is 20.1 Å². The summed E-state index contributed by atoms with van der Waals surface area (Å²) in [5, 5.41) is 5.53. The van der Waals surface area contributed by atoms with Gasteiger partial charge in [-0.3, -0.25) is 14.5 Å². The minimum atomic E-state index is -0.805. The maximum atomic E-state index is 12.7. The van der Waals surface area contributed by atoms with E-state index >= 15 is 0 Å². The molecule has 3 aliphatic rings. The van der Waals surface area contributed by atoms with E-state index in [9.17, 15) is 14.4 Å². The number of urea groups is 1. The zero-order valence-electron chi connectivity index (χ0n) is 17.6. The summed E-state index contributed by atoms with van der Waals surface area (Å²) < 4.78 is 11.8. The number of carbonyl (C=O) groups is 3. The second-order valence-electron chi connectivity index (χ2n) is 8.95. The molecule has 0 aromatic heterocycles. The number of benzene rings is 1. The molecular formula is C22H29N3O5. The van der Waals surface area contributed by atoms with Crippen LogP contribution >= 0.6 is 0 Å². The smallest absolute Gasteiger partial charge is 0.325 e. The van der Waals surface area contributed by atoms with Crippen molar-refractivity contribution in [2.24, 2.45) is 0 Å². The van der Waals surface area contributed by atoms with Crippen molar-refractivity contribution in [3.8, 4) is 11.5 Å². The summed E-state index contributed by atoms with van der Waals surface area (Å²) in [5.41, 5.74) is 0.0473. The Morgan fingerprint density at radius 3 is 2.77 bits per heavy atom. The van der Waals surface area contributed by atoms with Gasteiger partial charge in [0.15, 0.2) is 11.5 Å². The van der Waals surface area contributed by atoms with Crippen molar-refractivity contribution in [2.75, 3.05) is 19.7 Å². The van der Waals surface area contributed by atoms with Crippen molar-refractivity contribution in [3.05, 3.63) is 23.8 Å². The number of amides is 4. The lowest BCUT2D eigenvalue weighted by atomic mass is 9.82. The van der Waals surface area contributed by atoms with Gasteiger partial charge in [-0.25, -0.2) is 4.79 Å². The van der Waals surface area contributed by atoms with E-state index in [2.05, 4.69) is 10.6 Å². The van der Waals surface area contributed by atoms with Crippen molar-refractivity contribution in [3.63, 3.8) is 0 Å². The number of nitrogens with zero attached hydrogens (tertiary/aromatic N) is 1. The van der Waals surface area contributed by atoms with Gasteiger partial charge in [0.05, 0.1) is 6.54 Å². The van der Waals surface area contributed by atoms with Crippen LogP contribution in [0.4, 0.5) is 4.79 Å². The van der Waals surface area contributed by atoms with Crippen molar-refractivity contribution in [2.45, 2.75) is 63.5 Å². The molecule has 0 radical (unpaired) electrons.